The standard InChI is InChI=1S/C19H18N2O7S/c1-20(27-2)29(25,26)14-7-5-6-13(12-14)19(24)28-11-10-21-17(22)15-8-3-4-9-16(15)18(21)23/h3-9,12H,10-11H2,1-2H3. The molecule has 1 aliphatic heterocycles. The Bertz CT molecular complexity index is 1050. The van der Waals surface area contributed by atoms with Gasteiger partial charge in [0.1, 0.15) is 6.61 Å². The van der Waals surface area contributed by atoms with Crippen LogP contribution in [0.25, 0.3) is 0 Å². The van der Waals surface area contributed by atoms with Crippen molar-refractivity contribution in [2.24, 2.45) is 0 Å². The Hall–Kier alpha value is -3.08. The van der Waals surface area contributed by atoms with E-state index in [0.717, 1.165) is 11.0 Å². The van der Waals surface area contributed by atoms with E-state index in [-0.39, 0.29) is 23.6 Å². The van der Waals surface area contributed by atoms with Gasteiger partial charge in [0.2, 0.25) is 0 Å². The predicted molar refractivity (Wildman–Crippen MR) is 100 cm³/mol. The number of fused-ring (bicyclic) bond motifs is 1. The second kappa shape index (κ2) is 8.11. The molecule has 0 radical (unpaired) electrons. The van der Waals surface area contributed by atoms with Crippen LogP contribution in [0.15, 0.2) is 53.4 Å². The van der Waals surface area contributed by atoms with Gasteiger partial charge >= 0.3 is 5.97 Å². The first-order valence-corrected chi connectivity index (χ1v) is 9.97. The lowest BCUT2D eigenvalue weighted by atomic mass is 10.1. The minimum atomic E-state index is -3.92. The van der Waals surface area contributed by atoms with Crippen molar-refractivity contribution in [3.8, 4) is 0 Å². The summed E-state index contributed by atoms with van der Waals surface area (Å²) in [5.41, 5.74) is 0.630. The minimum absolute atomic E-state index is 0.0120. The van der Waals surface area contributed by atoms with Crippen LogP contribution in [0.4, 0.5) is 0 Å². The van der Waals surface area contributed by atoms with Crippen LogP contribution >= 0.6 is 0 Å². The Morgan fingerprint density at radius 1 is 1.03 bits per heavy atom. The van der Waals surface area contributed by atoms with Crippen LogP contribution in [0.1, 0.15) is 31.1 Å². The van der Waals surface area contributed by atoms with Gasteiger partial charge < -0.3 is 4.74 Å². The molecule has 0 saturated heterocycles. The van der Waals surface area contributed by atoms with Crippen LogP contribution in [0.2, 0.25) is 0 Å². The lowest BCUT2D eigenvalue weighted by molar-refractivity contribution is -0.0258. The molecule has 1 heterocycles. The molecule has 29 heavy (non-hydrogen) atoms. The molecule has 1 aliphatic rings. The Kier molecular flexibility index (Phi) is 5.78. The molecule has 3 rings (SSSR count). The van der Waals surface area contributed by atoms with Gasteiger partial charge in [0, 0.05) is 7.05 Å². The van der Waals surface area contributed by atoms with Crippen molar-refractivity contribution >= 4 is 27.8 Å². The molecule has 0 spiro atoms. The largest absolute Gasteiger partial charge is 0.460 e. The topological polar surface area (TPSA) is 110 Å². The van der Waals surface area contributed by atoms with Crippen LogP contribution in [0.5, 0.6) is 0 Å². The first kappa shape index (κ1) is 20.6. The predicted octanol–water partition coefficient (Wildman–Crippen LogP) is 1.32. The lowest BCUT2D eigenvalue weighted by Gasteiger charge is -2.15. The number of sulfonamides is 1. The van der Waals surface area contributed by atoms with Gasteiger partial charge in [0.05, 0.1) is 35.2 Å². The maximum absolute atomic E-state index is 12.3. The van der Waals surface area contributed by atoms with Crippen LogP contribution in [-0.4, -0.2) is 62.9 Å². The van der Waals surface area contributed by atoms with Crippen molar-refractivity contribution in [1.82, 2.24) is 9.37 Å². The highest BCUT2D eigenvalue weighted by molar-refractivity contribution is 7.89. The fourth-order valence-corrected chi connectivity index (χ4v) is 3.80. The van der Waals surface area contributed by atoms with E-state index in [4.69, 9.17) is 9.57 Å². The van der Waals surface area contributed by atoms with Gasteiger partial charge in [0.25, 0.3) is 21.8 Å². The van der Waals surface area contributed by atoms with Crippen molar-refractivity contribution in [1.29, 1.82) is 0 Å². The minimum Gasteiger partial charge on any atom is -0.460 e. The number of carbonyl (C=O) groups excluding carboxylic acids is 3. The summed E-state index contributed by atoms with van der Waals surface area (Å²) < 4.78 is 30.3. The molecule has 0 aromatic heterocycles. The Labute approximate surface area is 167 Å². The summed E-state index contributed by atoms with van der Waals surface area (Å²) >= 11 is 0. The van der Waals surface area contributed by atoms with Crippen molar-refractivity contribution in [3.63, 3.8) is 0 Å². The number of ether oxygens (including phenoxy) is 1. The SMILES string of the molecule is CON(C)S(=O)(=O)c1cccc(C(=O)OCCN2C(=O)c3ccccc3C2=O)c1. The number of amides is 2. The number of esters is 1. The van der Waals surface area contributed by atoms with Gasteiger partial charge in [-0.25, -0.2) is 13.2 Å². The maximum Gasteiger partial charge on any atom is 0.338 e. The Balaban J connectivity index is 1.65. The Morgan fingerprint density at radius 3 is 2.24 bits per heavy atom. The molecule has 0 aliphatic carbocycles. The first-order chi connectivity index (χ1) is 13.8. The summed E-state index contributed by atoms with van der Waals surface area (Å²) in [4.78, 5) is 42.4. The van der Waals surface area contributed by atoms with Crippen LogP contribution < -0.4 is 0 Å². The molecular formula is C19H18N2O7S. The van der Waals surface area contributed by atoms with Crippen LogP contribution in [-0.2, 0) is 19.6 Å². The molecule has 0 N–H and O–H groups in total. The molecule has 2 amide bonds. The average Bonchev–Trinajstić information content (AvgIpc) is 2.98. The van der Waals surface area contributed by atoms with Crippen LogP contribution in [0.3, 0.4) is 0 Å². The maximum atomic E-state index is 12.3. The summed E-state index contributed by atoms with van der Waals surface area (Å²) in [5.74, 6) is -1.67. The van der Waals surface area contributed by atoms with Crippen molar-refractivity contribution in [2.45, 2.75) is 4.90 Å². The quantitative estimate of drug-likeness (QED) is 0.379. The number of rotatable bonds is 7. The number of benzene rings is 2. The van der Waals surface area contributed by atoms with Crippen molar-refractivity contribution in [3.05, 3.63) is 65.2 Å². The summed E-state index contributed by atoms with van der Waals surface area (Å²) in [6.45, 7) is -0.332. The summed E-state index contributed by atoms with van der Waals surface area (Å²) in [5, 5.41) is 0. The average molecular weight is 418 g/mol. The molecule has 0 bridgehead atoms. The Morgan fingerprint density at radius 2 is 1.66 bits per heavy atom. The summed E-state index contributed by atoms with van der Waals surface area (Å²) in [6, 6.07) is 11.7. The number of hydroxylamine groups is 1. The zero-order valence-corrected chi connectivity index (χ0v) is 16.5. The molecule has 9 nitrogen and oxygen atoms in total. The summed E-state index contributed by atoms with van der Waals surface area (Å²) in [6.07, 6.45) is 0. The van der Waals surface area contributed by atoms with E-state index in [9.17, 15) is 22.8 Å². The fraction of sp³-hybridized carbons (Fsp3) is 0.211. The first-order valence-electron chi connectivity index (χ1n) is 8.53. The molecule has 152 valence electrons. The third-order valence-corrected chi connectivity index (χ3v) is 6.07. The second-order valence-corrected chi connectivity index (χ2v) is 8.00. The molecule has 0 fully saturated rings. The van der Waals surface area contributed by atoms with E-state index in [2.05, 4.69) is 0 Å². The highest BCUT2D eigenvalue weighted by Crippen LogP contribution is 2.22. The van der Waals surface area contributed by atoms with E-state index in [1.165, 1.54) is 32.4 Å². The zero-order chi connectivity index (χ0) is 21.2. The number of hydrogen-bond acceptors (Lipinski definition) is 7. The van der Waals surface area contributed by atoms with Gasteiger partial charge in [-0.2, -0.15) is 0 Å². The monoisotopic (exact) mass is 418 g/mol. The summed E-state index contributed by atoms with van der Waals surface area (Å²) in [7, 11) is -1.49. The highest BCUT2D eigenvalue weighted by Gasteiger charge is 2.34. The smallest absolute Gasteiger partial charge is 0.338 e. The molecule has 10 heteroatoms. The molecule has 0 unspecified atom stereocenters. The number of carbonyl (C=O) groups is 3. The molecule has 0 saturated carbocycles. The van der Waals surface area contributed by atoms with Gasteiger partial charge in [-0.15, -0.1) is 0 Å². The fourth-order valence-electron chi connectivity index (χ4n) is 2.79. The molecule has 2 aromatic carbocycles. The van der Waals surface area contributed by atoms with Gasteiger partial charge in [-0.05, 0) is 30.3 Å². The van der Waals surface area contributed by atoms with Gasteiger partial charge in [0.15, 0.2) is 0 Å². The number of imide groups is 1. The van der Waals surface area contributed by atoms with E-state index in [0.29, 0.717) is 15.6 Å². The third-order valence-electron chi connectivity index (χ3n) is 4.39. The number of nitrogens with zero attached hydrogens (tertiary/aromatic N) is 2. The normalized spacial score (nSPS) is 13.7. The van der Waals surface area contributed by atoms with Crippen molar-refractivity contribution < 1.29 is 32.4 Å². The zero-order valence-electron chi connectivity index (χ0n) is 15.7. The van der Waals surface area contributed by atoms with Crippen molar-refractivity contribution in [2.75, 3.05) is 27.3 Å². The lowest BCUT2D eigenvalue weighted by Crippen LogP contribution is -2.33. The number of hydrogen-bond donors (Lipinski definition) is 0. The van der Waals surface area contributed by atoms with Gasteiger partial charge in [-0.1, -0.05) is 22.7 Å². The van der Waals surface area contributed by atoms with Gasteiger partial charge in [-0.3, -0.25) is 19.3 Å². The second-order valence-electron chi connectivity index (χ2n) is 6.07. The molecular weight excluding hydrogens is 400 g/mol. The highest BCUT2D eigenvalue weighted by atomic mass is 32.2. The van der Waals surface area contributed by atoms with E-state index >= 15 is 0 Å². The third kappa shape index (κ3) is 3.90. The van der Waals surface area contributed by atoms with E-state index < -0.39 is 27.8 Å². The van der Waals surface area contributed by atoms with E-state index in [1.807, 2.05) is 0 Å². The van der Waals surface area contributed by atoms with Crippen LogP contribution in [0, 0.1) is 0 Å². The van der Waals surface area contributed by atoms with E-state index in [1.54, 1.807) is 24.3 Å². The molecule has 0 atom stereocenters. The molecule has 2 aromatic rings.